The lowest BCUT2D eigenvalue weighted by molar-refractivity contribution is 0.493. The molecule has 0 fully saturated rings. The molecular formula is C15H17N3. The lowest BCUT2D eigenvalue weighted by atomic mass is 9.86. The molecule has 1 heterocycles. The normalized spacial score (nSPS) is 20.4. The number of aromatic nitrogens is 2. The van der Waals surface area contributed by atoms with Crippen LogP contribution < -0.4 is 5.32 Å². The van der Waals surface area contributed by atoms with Crippen molar-refractivity contribution in [2.24, 2.45) is 0 Å². The van der Waals surface area contributed by atoms with Crippen molar-refractivity contribution in [1.82, 2.24) is 9.97 Å². The molecule has 92 valence electrons. The second kappa shape index (κ2) is 4.09. The van der Waals surface area contributed by atoms with Gasteiger partial charge in [-0.25, -0.2) is 9.97 Å². The highest BCUT2D eigenvalue weighted by molar-refractivity contribution is 5.46. The molecule has 0 amide bonds. The zero-order valence-electron chi connectivity index (χ0n) is 10.7. The standard InChI is InChI=1S/C15H17N3/c1-15(2)9-13(11-5-3-4-6-12(11)15)18-14-7-8-16-10-17-14/h3-8,10,13H,9H2,1-2H3,(H,16,17,18)/t13-/m0/s1. The van der Waals surface area contributed by atoms with Crippen LogP contribution in [0.5, 0.6) is 0 Å². The largest absolute Gasteiger partial charge is 0.363 e. The van der Waals surface area contributed by atoms with Gasteiger partial charge >= 0.3 is 0 Å². The Morgan fingerprint density at radius 2 is 2.06 bits per heavy atom. The van der Waals surface area contributed by atoms with Gasteiger partial charge in [-0.05, 0) is 29.0 Å². The molecule has 1 aliphatic carbocycles. The molecule has 0 aliphatic heterocycles. The first-order chi connectivity index (χ1) is 8.67. The van der Waals surface area contributed by atoms with Crippen molar-refractivity contribution in [3.63, 3.8) is 0 Å². The lowest BCUT2D eigenvalue weighted by Gasteiger charge is -2.19. The minimum absolute atomic E-state index is 0.224. The summed E-state index contributed by atoms with van der Waals surface area (Å²) in [5, 5.41) is 3.50. The first-order valence-corrected chi connectivity index (χ1v) is 6.29. The summed E-state index contributed by atoms with van der Waals surface area (Å²) in [5.41, 5.74) is 3.05. The van der Waals surface area contributed by atoms with Crippen molar-refractivity contribution >= 4 is 5.82 Å². The van der Waals surface area contributed by atoms with Gasteiger partial charge in [0.2, 0.25) is 0 Å². The first kappa shape index (κ1) is 11.2. The Kier molecular flexibility index (Phi) is 2.54. The van der Waals surface area contributed by atoms with Gasteiger partial charge in [0.1, 0.15) is 12.1 Å². The van der Waals surface area contributed by atoms with E-state index in [9.17, 15) is 0 Å². The maximum atomic E-state index is 4.24. The van der Waals surface area contributed by atoms with Crippen LogP contribution in [0.25, 0.3) is 0 Å². The molecule has 1 aromatic carbocycles. The number of anilines is 1. The van der Waals surface area contributed by atoms with Crippen LogP contribution in [0, 0.1) is 0 Å². The van der Waals surface area contributed by atoms with Gasteiger partial charge in [-0.1, -0.05) is 38.1 Å². The molecular weight excluding hydrogens is 222 g/mol. The molecule has 0 spiro atoms. The number of hydrogen-bond acceptors (Lipinski definition) is 3. The summed E-state index contributed by atoms with van der Waals surface area (Å²) in [5.74, 6) is 0.891. The fraction of sp³-hybridized carbons (Fsp3) is 0.333. The lowest BCUT2D eigenvalue weighted by Crippen LogP contribution is -2.14. The number of nitrogens with zero attached hydrogens (tertiary/aromatic N) is 2. The highest BCUT2D eigenvalue weighted by atomic mass is 15.0. The van der Waals surface area contributed by atoms with Gasteiger partial charge in [-0.3, -0.25) is 0 Å². The molecule has 18 heavy (non-hydrogen) atoms. The molecule has 0 bridgehead atoms. The second-order valence-corrected chi connectivity index (χ2v) is 5.47. The van der Waals surface area contributed by atoms with Crippen molar-refractivity contribution in [2.75, 3.05) is 5.32 Å². The summed E-state index contributed by atoms with van der Waals surface area (Å²) in [4.78, 5) is 8.18. The van der Waals surface area contributed by atoms with Crippen LogP contribution in [0.1, 0.15) is 37.4 Å². The van der Waals surface area contributed by atoms with E-state index in [0.717, 1.165) is 12.2 Å². The Morgan fingerprint density at radius 1 is 1.22 bits per heavy atom. The van der Waals surface area contributed by atoms with E-state index in [2.05, 4.69) is 53.4 Å². The van der Waals surface area contributed by atoms with Crippen molar-refractivity contribution in [2.45, 2.75) is 31.7 Å². The van der Waals surface area contributed by atoms with Gasteiger partial charge in [-0.15, -0.1) is 0 Å². The van der Waals surface area contributed by atoms with E-state index >= 15 is 0 Å². The van der Waals surface area contributed by atoms with Crippen molar-refractivity contribution in [3.05, 3.63) is 54.0 Å². The average molecular weight is 239 g/mol. The Hall–Kier alpha value is -1.90. The van der Waals surface area contributed by atoms with Crippen molar-refractivity contribution in [1.29, 1.82) is 0 Å². The van der Waals surface area contributed by atoms with Gasteiger partial charge in [0.15, 0.2) is 0 Å². The van der Waals surface area contributed by atoms with E-state index in [1.165, 1.54) is 11.1 Å². The summed E-state index contributed by atoms with van der Waals surface area (Å²) >= 11 is 0. The third kappa shape index (κ3) is 1.86. The number of rotatable bonds is 2. The van der Waals surface area contributed by atoms with E-state index in [0.29, 0.717) is 6.04 Å². The number of benzene rings is 1. The Morgan fingerprint density at radius 3 is 2.83 bits per heavy atom. The van der Waals surface area contributed by atoms with Crippen LogP contribution in [0.4, 0.5) is 5.82 Å². The van der Waals surface area contributed by atoms with Crippen molar-refractivity contribution in [3.8, 4) is 0 Å². The van der Waals surface area contributed by atoms with E-state index in [4.69, 9.17) is 0 Å². The molecule has 2 aromatic rings. The maximum Gasteiger partial charge on any atom is 0.129 e. The van der Waals surface area contributed by atoms with Crippen LogP contribution in [0.15, 0.2) is 42.9 Å². The summed E-state index contributed by atoms with van der Waals surface area (Å²) in [6, 6.07) is 10.9. The summed E-state index contributed by atoms with van der Waals surface area (Å²) in [6.45, 7) is 4.60. The molecule has 0 unspecified atom stereocenters. The molecule has 1 aliphatic rings. The SMILES string of the molecule is CC1(C)C[C@H](Nc2ccncn2)c2ccccc21. The minimum Gasteiger partial charge on any atom is -0.363 e. The molecule has 3 rings (SSSR count). The van der Waals surface area contributed by atoms with E-state index in [-0.39, 0.29) is 5.41 Å². The average Bonchev–Trinajstić information content (AvgIpc) is 2.63. The Bertz CT molecular complexity index is 549. The van der Waals surface area contributed by atoms with Gasteiger partial charge in [0.05, 0.1) is 6.04 Å². The van der Waals surface area contributed by atoms with E-state index < -0.39 is 0 Å². The van der Waals surface area contributed by atoms with Crippen molar-refractivity contribution < 1.29 is 0 Å². The molecule has 1 atom stereocenters. The number of hydrogen-bond donors (Lipinski definition) is 1. The van der Waals surface area contributed by atoms with Gasteiger partial charge in [-0.2, -0.15) is 0 Å². The molecule has 0 saturated heterocycles. The number of nitrogens with one attached hydrogen (secondary N) is 1. The summed E-state index contributed by atoms with van der Waals surface area (Å²) < 4.78 is 0. The monoisotopic (exact) mass is 239 g/mol. The molecule has 1 N–H and O–H groups in total. The third-order valence-corrected chi connectivity index (χ3v) is 3.68. The van der Waals surface area contributed by atoms with Crippen LogP contribution in [-0.2, 0) is 5.41 Å². The fourth-order valence-electron chi connectivity index (χ4n) is 2.83. The second-order valence-electron chi connectivity index (χ2n) is 5.47. The third-order valence-electron chi connectivity index (χ3n) is 3.68. The Balaban J connectivity index is 1.92. The van der Waals surface area contributed by atoms with E-state index in [1.54, 1.807) is 12.5 Å². The zero-order chi connectivity index (χ0) is 12.6. The number of fused-ring (bicyclic) bond motifs is 1. The van der Waals surface area contributed by atoms with Crippen LogP contribution in [0.2, 0.25) is 0 Å². The van der Waals surface area contributed by atoms with Crippen LogP contribution >= 0.6 is 0 Å². The molecule has 0 saturated carbocycles. The minimum atomic E-state index is 0.224. The molecule has 1 aromatic heterocycles. The van der Waals surface area contributed by atoms with Gasteiger partial charge in [0, 0.05) is 6.20 Å². The molecule has 3 heteroatoms. The van der Waals surface area contributed by atoms with Gasteiger partial charge < -0.3 is 5.32 Å². The predicted octanol–water partition coefficient (Wildman–Crippen LogP) is 3.31. The fourth-order valence-corrected chi connectivity index (χ4v) is 2.83. The quantitative estimate of drug-likeness (QED) is 0.873. The van der Waals surface area contributed by atoms with E-state index in [1.807, 2.05) is 6.07 Å². The van der Waals surface area contributed by atoms with Crippen LogP contribution in [-0.4, -0.2) is 9.97 Å². The maximum absolute atomic E-state index is 4.24. The highest BCUT2D eigenvalue weighted by Crippen LogP contribution is 2.45. The zero-order valence-corrected chi connectivity index (χ0v) is 10.7. The molecule has 3 nitrogen and oxygen atoms in total. The highest BCUT2D eigenvalue weighted by Gasteiger charge is 2.36. The first-order valence-electron chi connectivity index (χ1n) is 6.29. The summed E-state index contributed by atoms with van der Waals surface area (Å²) in [7, 11) is 0. The molecule has 0 radical (unpaired) electrons. The smallest absolute Gasteiger partial charge is 0.129 e. The summed E-state index contributed by atoms with van der Waals surface area (Å²) in [6.07, 6.45) is 4.44. The van der Waals surface area contributed by atoms with Gasteiger partial charge in [0.25, 0.3) is 0 Å². The predicted molar refractivity (Wildman–Crippen MR) is 72.5 cm³/mol. The topological polar surface area (TPSA) is 37.8 Å². The Labute approximate surface area is 107 Å². The van der Waals surface area contributed by atoms with Crippen LogP contribution in [0.3, 0.4) is 0 Å².